The summed E-state index contributed by atoms with van der Waals surface area (Å²) in [6.07, 6.45) is 0. The molecule has 0 fully saturated rings. The molecule has 2 rings (SSSR count). The van der Waals surface area contributed by atoms with Crippen LogP contribution in [-0.2, 0) is 0 Å². The molecule has 0 aromatic heterocycles. The molecule has 0 radical (unpaired) electrons. The number of hydrogen-bond donors (Lipinski definition) is 0. The summed E-state index contributed by atoms with van der Waals surface area (Å²) in [6.45, 7) is 1.80. The zero-order chi connectivity index (χ0) is 9.97. The van der Waals surface area contributed by atoms with Gasteiger partial charge in [-0.2, -0.15) is 4.91 Å². The van der Waals surface area contributed by atoms with Crippen molar-refractivity contribution in [1.82, 2.24) is 0 Å². The maximum atomic E-state index is 10.4. The molecule has 14 heavy (non-hydrogen) atoms. The van der Waals surface area contributed by atoms with Crippen molar-refractivity contribution in [3.63, 3.8) is 0 Å². The first-order valence-corrected chi connectivity index (χ1v) is 4.62. The van der Waals surface area contributed by atoms with Gasteiger partial charge in [0.15, 0.2) is 0 Å². The molecule has 0 N–H and O–H groups in total. The van der Waals surface area contributed by atoms with Crippen LogP contribution in [0.2, 0.25) is 0 Å². The van der Waals surface area contributed by atoms with E-state index in [1.165, 1.54) is 5.39 Å². The molecule has 0 heterocycles. The van der Waals surface area contributed by atoms with Crippen molar-refractivity contribution >= 4 is 10.8 Å². The van der Waals surface area contributed by atoms with Crippen molar-refractivity contribution in [3.8, 4) is 0 Å². The van der Waals surface area contributed by atoms with Gasteiger partial charge in [0.25, 0.3) is 0 Å². The topological polar surface area (TPSA) is 29.4 Å². The number of benzene rings is 2. The molecule has 0 aliphatic rings. The van der Waals surface area contributed by atoms with Crippen molar-refractivity contribution in [2.45, 2.75) is 13.0 Å². The molecule has 2 heteroatoms. The number of rotatable bonds is 2. The van der Waals surface area contributed by atoms with Crippen molar-refractivity contribution in [3.05, 3.63) is 52.9 Å². The van der Waals surface area contributed by atoms with Crippen molar-refractivity contribution < 1.29 is 0 Å². The fourth-order valence-electron chi connectivity index (χ4n) is 1.53. The standard InChI is InChI=1S/C12H11NO/c1-9(13-14)11-7-6-10-4-2-3-5-12(10)8-11/h2-9H,1H3/t9-/m0/s1. The lowest BCUT2D eigenvalue weighted by molar-refractivity contribution is 0.813. The molecular weight excluding hydrogens is 174 g/mol. The first-order chi connectivity index (χ1) is 6.81. The molecular formula is C12H11NO. The van der Waals surface area contributed by atoms with Gasteiger partial charge in [-0.15, -0.1) is 0 Å². The summed E-state index contributed by atoms with van der Waals surface area (Å²) in [5.74, 6) is 0. The Morgan fingerprint density at radius 3 is 2.50 bits per heavy atom. The van der Waals surface area contributed by atoms with Crippen LogP contribution in [0.5, 0.6) is 0 Å². The second-order valence-electron chi connectivity index (χ2n) is 3.39. The number of nitroso groups, excluding NO2 is 1. The fraction of sp³-hybridized carbons (Fsp3) is 0.167. The van der Waals surface area contributed by atoms with E-state index in [2.05, 4.69) is 11.2 Å². The molecule has 0 aliphatic carbocycles. The highest BCUT2D eigenvalue weighted by Gasteiger charge is 2.04. The van der Waals surface area contributed by atoms with Crippen LogP contribution in [0.4, 0.5) is 0 Å². The first-order valence-electron chi connectivity index (χ1n) is 4.62. The molecule has 2 nitrogen and oxygen atoms in total. The molecule has 0 saturated carbocycles. The number of nitrogens with zero attached hydrogens (tertiary/aromatic N) is 1. The highest BCUT2D eigenvalue weighted by Crippen LogP contribution is 2.21. The second kappa shape index (κ2) is 3.58. The lowest BCUT2D eigenvalue weighted by Crippen LogP contribution is -1.87. The fourth-order valence-corrected chi connectivity index (χ4v) is 1.53. The predicted octanol–water partition coefficient (Wildman–Crippen LogP) is 3.67. The van der Waals surface area contributed by atoms with Gasteiger partial charge in [-0.3, -0.25) is 0 Å². The van der Waals surface area contributed by atoms with E-state index in [9.17, 15) is 4.91 Å². The largest absolute Gasteiger partial charge is 0.150 e. The molecule has 2 aromatic carbocycles. The minimum absolute atomic E-state index is 0.264. The Kier molecular flexibility index (Phi) is 2.27. The van der Waals surface area contributed by atoms with E-state index >= 15 is 0 Å². The predicted molar refractivity (Wildman–Crippen MR) is 58.2 cm³/mol. The summed E-state index contributed by atoms with van der Waals surface area (Å²) in [5.41, 5.74) is 0.971. The van der Waals surface area contributed by atoms with Gasteiger partial charge in [-0.05, 0) is 29.3 Å². The smallest absolute Gasteiger partial charge is 0.114 e. The van der Waals surface area contributed by atoms with E-state index in [1.54, 1.807) is 6.92 Å². The molecule has 2 aromatic rings. The lowest BCUT2D eigenvalue weighted by atomic mass is 10.0. The Morgan fingerprint density at radius 1 is 1.07 bits per heavy atom. The Hall–Kier alpha value is -1.70. The van der Waals surface area contributed by atoms with Crippen LogP contribution in [0.3, 0.4) is 0 Å². The quantitative estimate of drug-likeness (QED) is 0.656. The van der Waals surface area contributed by atoms with E-state index in [0.717, 1.165) is 10.9 Å². The maximum absolute atomic E-state index is 10.4. The molecule has 0 saturated heterocycles. The summed E-state index contributed by atoms with van der Waals surface area (Å²) in [7, 11) is 0. The van der Waals surface area contributed by atoms with Gasteiger partial charge in [-0.25, -0.2) is 0 Å². The van der Waals surface area contributed by atoms with Gasteiger partial charge in [0.1, 0.15) is 6.04 Å². The van der Waals surface area contributed by atoms with Gasteiger partial charge < -0.3 is 0 Å². The average Bonchev–Trinajstić information content (AvgIpc) is 2.27. The first kappa shape index (κ1) is 8.88. The SMILES string of the molecule is C[C@H](N=O)c1ccc2ccccc2c1. The Balaban J connectivity index is 2.56. The summed E-state index contributed by atoms with van der Waals surface area (Å²) in [4.78, 5) is 10.4. The highest BCUT2D eigenvalue weighted by molar-refractivity contribution is 5.83. The van der Waals surface area contributed by atoms with E-state index in [-0.39, 0.29) is 6.04 Å². The van der Waals surface area contributed by atoms with E-state index in [0.29, 0.717) is 0 Å². The van der Waals surface area contributed by atoms with Crippen LogP contribution in [0.15, 0.2) is 47.6 Å². The minimum Gasteiger partial charge on any atom is -0.150 e. The third kappa shape index (κ3) is 1.51. The molecule has 70 valence electrons. The molecule has 0 amide bonds. The lowest BCUT2D eigenvalue weighted by Gasteiger charge is -2.04. The monoisotopic (exact) mass is 185 g/mol. The summed E-state index contributed by atoms with van der Waals surface area (Å²) in [6, 6.07) is 13.8. The van der Waals surface area contributed by atoms with E-state index in [4.69, 9.17) is 0 Å². The third-order valence-corrected chi connectivity index (χ3v) is 2.41. The Labute approximate surface area is 82.5 Å². The van der Waals surface area contributed by atoms with Crippen molar-refractivity contribution in [1.29, 1.82) is 0 Å². The van der Waals surface area contributed by atoms with Gasteiger partial charge in [-0.1, -0.05) is 41.6 Å². The van der Waals surface area contributed by atoms with Crippen LogP contribution in [0.1, 0.15) is 18.5 Å². The summed E-state index contributed by atoms with van der Waals surface area (Å²) >= 11 is 0. The van der Waals surface area contributed by atoms with Crippen LogP contribution < -0.4 is 0 Å². The number of hydrogen-bond acceptors (Lipinski definition) is 2. The third-order valence-electron chi connectivity index (χ3n) is 2.41. The minimum atomic E-state index is -0.264. The van der Waals surface area contributed by atoms with Gasteiger partial charge in [0, 0.05) is 0 Å². The zero-order valence-electron chi connectivity index (χ0n) is 7.97. The van der Waals surface area contributed by atoms with E-state index in [1.807, 2.05) is 36.4 Å². The van der Waals surface area contributed by atoms with Crippen molar-refractivity contribution in [2.24, 2.45) is 5.18 Å². The molecule has 0 aliphatic heterocycles. The van der Waals surface area contributed by atoms with E-state index < -0.39 is 0 Å². The van der Waals surface area contributed by atoms with Gasteiger partial charge in [0.2, 0.25) is 0 Å². The van der Waals surface area contributed by atoms with Crippen LogP contribution >= 0.6 is 0 Å². The molecule has 1 atom stereocenters. The van der Waals surface area contributed by atoms with Gasteiger partial charge >= 0.3 is 0 Å². The molecule has 0 bridgehead atoms. The normalized spacial score (nSPS) is 12.6. The maximum Gasteiger partial charge on any atom is 0.114 e. The van der Waals surface area contributed by atoms with Gasteiger partial charge in [0.05, 0.1) is 0 Å². The molecule has 0 unspecified atom stereocenters. The second-order valence-corrected chi connectivity index (χ2v) is 3.39. The highest BCUT2D eigenvalue weighted by atomic mass is 16.3. The van der Waals surface area contributed by atoms with Crippen LogP contribution in [0.25, 0.3) is 10.8 Å². The summed E-state index contributed by atoms with van der Waals surface area (Å²) < 4.78 is 0. The average molecular weight is 185 g/mol. The van der Waals surface area contributed by atoms with Crippen LogP contribution in [-0.4, -0.2) is 0 Å². The Morgan fingerprint density at radius 2 is 1.79 bits per heavy atom. The number of fused-ring (bicyclic) bond motifs is 1. The van der Waals surface area contributed by atoms with Crippen LogP contribution in [0, 0.1) is 4.91 Å². The Bertz CT molecular complexity index is 465. The van der Waals surface area contributed by atoms with Crippen molar-refractivity contribution in [2.75, 3.05) is 0 Å². The molecule has 0 spiro atoms. The summed E-state index contributed by atoms with van der Waals surface area (Å²) in [5, 5.41) is 5.36. The zero-order valence-corrected chi connectivity index (χ0v) is 7.97.